The van der Waals surface area contributed by atoms with Crippen molar-refractivity contribution in [3.8, 4) is 0 Å². The van der Waals surface area contributed by atoms with Gasteiger partial charge in [-0.15, -0.1) is 0 Å². The lowest BCUT2D eigenvalue weighted by Gasteiger charge is -2.23. The Morgan fingerprint density at radius 3 is 2.62 bits per heavy atom. The number of hydrogen-bond donors (Lipinski definition) is 1. The van der Waals surface area contributed by atoms with Gasteiger partial charge in [-0.2, -0.15) is 0 Å². The van der Waals surface area contributed by atoms with Crippen LogP contribution < -0.4 is 5.73 Å². The standard InChI is InChI=1S/C19H24FN3O/c1-15(21)5-10-19(24)23(13-11-18-4-2-3-12-22-18)14-16-6-8-17(20)9-7-16/h2-4,6-9,12,15H,5,10-11,13-14,21H2,1H3. The number of halogens is 1. The number of pyridine rings is 1. The van der Waals surface area contributed by atoms with E-state index in [4.69, 9.17) is 5.73 Å². The van der Waals surface area contributed by atoms with E-state index >= 15 is 0 Å². The fourth-order valence-corrected chi connectivity index (χ4v) is 2.41. The molecule has 24 heavy (non-hydrogen) atoms. The molecule has 0 saturated carbocycles. The molecule has 2 N–H and O–H groups in total. The Bertz CT molecular complexity index is 629. The molecule has 0 saturated heterocycles. The number of rotatable bonds is 8. The van der Waals surface area contributed by atoms with Crippen molar-refractivity contribution in [2.75, 3.05) is 6.54 Å². The lowest BCUT2D eigenvalue weighted by Crippen LogP contribution is -2.33. The molecule has 2 aromatic rings. The normalized spacial score (nSPS) is 12.0. The van der Waals surface area contributed by atoms with Gasteiger partial charge in [0.25, 0.3) is 0 Å². The summed E-state index contributed by atoms with van der Waals surface area (Å²) in [7, 11) is 0. The third-order valence-corrected chi connectivity index (χ3v) is 3.82. The Kier molecular flexibility index (Phi) is 6.88. The number of amides is 1. The average Bonchev–Trinajstić information content (AvgIpc) is 2.59. The van der Waals surface area contributed by atoms with E-state index in [0.717, 1.165) is 11.3 Å². The maximum absolute atomic E-state index is 13.1. The van der Waals surface area contributed by atoms with E-state index in [9.17, 15) is 9.18 Å². The Labute approximate surface area is 142 Å². The van der Waals surface area contributed by atoms with Gasteiger partial charge in [0.2, 0.25) is 5.91 Å². The van der Waals surface area contributed by atoms with E-state index in [1.54, 1.807) is 23.2 Å². The zero-order chi connectivity index (χ0) is 17.4. The molecule has 128 valence electrons. The summed E-state index contributed by atoms with van der Waals surface area (Å²) in [5.41, 5.74) is 7.61. The highest BCUT2D eigenvalue weighted by Gasteiger charge is 2.15. The highest BCUT2D eigenvalue weighted by Crippen LogP contribution is 2.10. The second-order valence-corrected chi connectivity index (χ2v) is 6.03. The predicted molar refractivity (Wildman–Crippen MR) is 92.6 cm³/mol. The molecule has 0 fully saturated rings. The summed E-state index contributed by atoms with van der Waals surface area (Å²) in [6, 6.07) is 12.0. The Hall–Kier alpha value is -2.27. The topological polar surface area (TPSA) is 59.2 Å². The van der Waals surface area contributed by atoms with Crippen LogP contribution in [-0.2, 0) is 17.8 Å². The summed E-state index contributed by atoms with van der Waals surface area (Å²) in [4.78, 5) is 18.6. The fraction of sp³-hybridized carbons (Fsp3) is 0.368. The molecular weight excluding hydrogens is 305 g/mol. The zero-order valence-electron chi connectivity index (χ0n) is 14.0. The number of carbonyl (C=O) groups excluding carboxylic acids is 1. The van der Waals surface area contributed by atoms with E-state index in [0.29, 0.717) is 32.4 Å². The van der Waals surface area contributed by atoms with E-state index in [2.05, 4.69) is 4.98 Å². The van der Waals surface area contributed by atoms with Crippen LogP contribution in [0.2, 0.25) is 0 Å². The predicted octanol–water partition coefficient (Wildman–Crippen LogP) is 2.92. The Morgan fingerprint density at radius 1 is 1.25 bits per heavy atom. The van der Waals surface area contributed by atoms with Crippen molar-refractivity contribution in [1.82, 2.24) is 9.88 Å². The molecule has 1 heterocycles. The number of nitrogens with zero attached hydrogens (tertiary/aromatic N) is 2. The molecule has 1 aromatic carbocycles. The molecule has 0 bridgehead atoms. The molecule has 0 radical (unpaired) electrons. The van der Waals surface area contributed by atoms with Crippen molar-refractivity contribution in [2.45, 2.75) is 38.8 Å². The lowest BCUT2D eigenvalue weighted by atomic mass is 10.1. The third kappa shape index (κ3) is 6.08. The van der Waals surface area contributed by atoms with Crippen LogP contribution in [0.1, 0.15) is 31.0 Å². The second-order valence-electron chi connectivity index (χ2n) is 6.03. The molecule has 1 atom stereocenters. The second kappa shape index (κ2) is 9.13. The van der Waals surface area contributed by atoms with E-state index in [-0.39, 0.29) is 17.8 Å². The fourth-order valence-electron chi connectivity index (χ4n) is 2.41. The van der Waals surface area contributed by atoms with Gasteiger partial charge in [-0.25, -0.2) is 4.39 Å². The highest BCUT2D eigenvalue weighted by molar-refractivity contribution is 5.76. The Balaban J connectivity index is 2.02. The number of hydrogen-bond acceptors (Lipinski definition) is 3. The van der Waals surface area contributed by atoms with Crippen molar-refractivity contribution >= 4 is 5.91 Å². The van der Waals surface area contributed by atoms with Crippen LogP contribution in [-0.4, -0.2) is 28.4 Å². The monoisotopic (exact) mass is 329 g/mol. The average molecular weight is 329 g/mol. The Morgan fingerprint density at radius 2 is 2.00 bits per heavy atom. The molecule has 4 nitrogen and oxygen atoms in total. The third-order valence-electron chi connectivity index (χ3n) is 3.82. The van der Waals surface area contributed by atoms with Crippen molar-refractivity contribution in [3.05, 3.63) is 65.7 Å². The van der Waals surface area contributed by atoms with Crippen LogP contribution in [0.25, 0.3) is 0 Å². The van der Waals surface area contributed by atoms with Crippen molar-refractivity contribution in [1.29, 1.82) is 0 Å². The molecule has 1 unspecified atom stereocenters. The van der Waals surface area contributed by atoms with Crippen LogP contribution in [0.3, 0.4) is 0 Å². The summed E-state index contributed by atoms with van der Waals surface area (Å²) in [5.74, 6) is -0.213. The molecule has 1 aromatic heterocycles. The van der Waals surface area contributed by atoms with Gasteiger partial charge in [-0.3, -0.25) is 9.78 Å². The number of aromatic nitrogens is 1. The van der Waals surface area contributed by atoms with Crippen LogP contribution in [0.15, 0.2) is 48.7 Å². The van der Waals surface area contributed by atoms with Gasteiger partial charge in [-0.05, 0) is 43.2 Å². The minimum absolute atomic E-state index is 0.00240. The van der Waals surface area contributed by atoms with Gasteiger partial charge < -0.3 is 10.6 Å². The van der Waals surface area contributed by atoms with Gasteiger partial charge in [0.15, 0.2) is 0 Å². The minimum Gasteiger partial charge on any atom is -0.338 e. The SMILES string of the molecule is CC(N)CCC(=O)N(CCc1ccccn1)Cc1ccc(F)cc1. The van der Waals surface area contributed by atoms with Crippen LogP contribution in [0.5, 0.6) is 0 Å². The first-order valence-corrected chi connectivity index (χ1v) is 8.22. The summed E-state index contributed by atoms with van der Waals surface area (Å²) >= 11 is 0. The zero-order valence-corrected chi connectivity index (χ0v) is 14.0. The number of carbonyl (C=O) groups is 1. The van der Waals surface area contributed by atoms with Gasteiger partial charge in [0.1, 0.15) is 5.82 Å². The first-order valence-electron chi connectivity index (χ1n) is 8.22. The van der Waals surface area contributed by atoms with Crippen molar-refractivity contribution in [3.63, 3.8) is 0 Å². The van der Waals surface area contributed by atoms with Crippen LogP contribution in [0.4, 0.5) is 4.39 Å². The molecule has 1 amide bonds. The molecule has 5 heteroatoms. The van der Waals surface area contributed by atoms with E-state index in [1.165, 1.54) is 12.1 Å². The van der Waals surface area contributed by atoms with E-state index < -0.39 is 0 Å². The smallest absolute Gasteiger partial charge is 0.222 e. The van der Waals surface area contributed by atoms with Gasteiger partial charge in [-0.1, -0.05) is 18.2 Å². The summed E-state index contributed by atoms with van der Waals surface area (Å²) in [6.45, 7) is 2.93. The quantitative estimate of drug-likeness (QED) is 0.810. The molecule has 2 rings (SSSR count). The van der Waals surface area contributed by atoms with E-state index in [1.807, 2.05) is 25.1 Å². The maximum atomic E-state index is 13.1. The highest BCUT2D eigenvalue weighted by atomic mass is 19.1. The molecule has 0 spiro atoms. The lowest BCUT2D eigenvalue weighted by molar-refractivity contribution is -0.132. The molecular formula is C19H24FN3O. The summed E-state index contributed by atoms with van der Waals surface area (Å²) < 4.78 is 13.1. The summed E-state index contributed by atoms with van der Waals surface area (Å²) in [6.07, 6.45) is 3.51. The molecule has 0 aliphatic rings. The van der Waals surface area contributed by atoms with Crippen molar-refractivity contribution in [2.24, 2.45) is 5.73 Å². The van der Waals surface area contributed by atoms with Crippen LogP contribution >= 0.6 is 0 Å². The number of benzene rings is 1. The summed E-state index contributed by atoms with van der Waals surface area (Å²) in [5, 5.41) is 0. The largest absolute Gasteiger partial charge is 0.338 e. The minimum atomic E-state index is -0.276. The first-order chi connectivity index (χ1) is 11.5. The van der Waals surface area contributed by atoms with Crippen molar-refractivity contribution < 1.29 is 9.18 Å². The number of nitrogens with two attached hydrogens (primary N) is 1. The molecule has 0 aliphatic carbocycles. The maximum Gasteiger partial charge on any atom is 0.222 e. The van der Waals surface area contributed by atoms with Gasteiger partial charge in [0.05, 0.1) is 0 Å². The van der Waals surface area contributed by atoms with Gasteiger partial charge in [0, 0.05) is 43.9 Å². The van der Waals surface area contributed by atoms with Gasteiger partial charge >= 0.3 is 0 Å². The molecule has 0 aliphatic heterocycles. The van der Waals surface area contributed by atoms with Crippen LogP contribution in [0, 0.1) is 5.82 Å². The first kappa shape index (κ1) is 18.1.